The predicted octanol–water partition coefficient (Wildman–Crippen LogP) is 3.92. The maximum absolute atomic E-state index is 13.0. The molecule has 3 aromatic carbocycles. The minimum absolute atomic E-state index is 0.0428. The zero-order chi connectivity index (χ0) is 24.1. The number of carbonyl (C=O) groups excluding carboxylic acids is 1. The Morgan fingerprint density at radius 2 is 1.68 bits per heavy atom. The minimum Gasteiger partial charge on any atom is -0.322 e. The second kappa shape index (κ2) is 9.80. The molecule has 0 saturated heterocycles. The van der Waals surface area contributed by atoms with Crippen molar-refractivity contribution in [2.45, 2.75) is 18.4 Å². The van der Waals surface area contributed by atoms with Crippen LogP contribution in [0.25, 0.3) is 0 Å². The molecule has 1 N–H and O–H groups in total. The molecule has 1 heterocycles. The van der Waals surface area contributed by atoms with Crippen molar-refractivity contribution in [2.75, 3.05) is 5.32 Å². The van der Waals surface area contributed by atoms with Crippen molar-refractivity contribution in [3.63, 3.8) is 0 Å². The van der Waals surface area contributed by atoms with Crippen molar-refractivity contribution in [2.24, 2.45) is 4.40 Å². The van der Waals surface area contributed by atoms with E-state index in [0.717, 1.165) is 11.1 Å². The fraction of sp³-hybridized carbons (Fsp3) is 0.0800. The molecule has 7 nitrogen and oxygen atoms in total. The van der Waals surface area contributed by atoms with E-state index in [-0.39, 0.29) is 22.2 Å². The molecule has 1 aromatic heterocycles. The van der Waals surface area contributed by atoms with E-state index < -0.39 is 10.0 Å². The topological polar surface area (TPSA) is 93.4 Å². The Bertz CT molecular complexity index is 1480. The predicted molar refractivity (Wildman–Crippen MR) is 126 cm³/mol. The number of halogens is 1. The largest absolute Gasteiger partial charge is 0.322 e. The molecule has 0 aliphatic carbocycles. The van der Waals surface area contributed by atoms with Gasteiger partial charge in [-0.25, -0.2) is 9.37 Å². The number of nitrogens with one attached hydrogen (secondary N) is 1. The van der Waals surface area contributed by atoms with Crippen molar-refractivity contribution in [3.05, 3.63) is 119 Å². The molecule has 0 atom stereocenters. The van der Waals surface area contributed by atoms with Crippen LogP contribution >= 0.6 is 0 Å². The van der Waals surface area contributed by atoms with Crippen LogP contribution in [0.15, 0.2) is 101 Å². The van der Waals surface area contributed by atoms with E-state index in [1.165, 1.54) is 42.6 Å². The number of hydrogen-bond donors (Lipinski definition) is 1. The highest BCUT2D eigenvalue weighted by atomic mass is 32.2. The number of hydrogen-bond acceptors (Lipinski definition) is 4. The fourth-order valence-electron chi connectivity index (χ4n) is 3.16. The first-order valence-corrected chi connectivity index (χ1v) is 11.8. The van der Waals surface area contributed by atoms with Gasteiger partial charge in [0.05, 0.1) is 11.4 Å². The Hall–Kier alpha value is -4.11. The molecule has 0 bridgehead atoms. The number of sulfonamides is 1. The third-order valence-corrected chi connectivity index (χ3v) is 6.26. The van der Waals surface area contributed by atoms with E-state index in [2.05, 4.69) is 14.7 Å². The summed E-state index contributed by atoms with van der Waals surface area (Å²) in [6.07, 6.45) is 3.16. The van der Waals surface area contributed by atoms with Crippen LogP contribution in [0.2, 0.25) is 0 Å². The molecule has 0 fully saturated rings. The molecule has 0 aliphatic rings. The average molecular weight is 477 g/mol. The summed E-state index contributed by atoms with van der Waals surface area (Å²) in [5.74, 6) is -0.708. The van der Waals surface area contributed by atoms with Gasteiger partial charge in [0, 0.05) is 23.6 Å². The second-order valence-electron chi connectivity index (χ2n) is 7.58. The van der Waals surface area contributed by atoms with Crippen molar-refractivity contribution < 1.29 is 17.6 Å². The monoisotopic (exact) mass is 476 g/mol. The maximum atomic E-state index is 13.0. The lowest BCUT2D eigenvalue weighted by Crippen LogP contribution is -2.25. The zero-order valence-electron chi connectivity index (χ0n) is 18.2. The van der Waals surface area contributed by atoms with Gasteiger partial charge in [0.2, 0.25) is 5.62 Å². The molecule has 4 aromatic rings. The number of anilines is 1. The smallest absolute Gasteiger partial charge is 0.285 e. The summed E-state index contributed by atoms with van der Waals surface area (Å²) in [6.45, 7) is 2.17. The summed E-state index contributed by atoms with van der Waals surface area (Å²) < 4.78 is 44.0. The first-order valence-electron chi connectivity index (χ1n) is 10.4. The van der Waals surface area contributed by atoms with Crippen molar-refractivity contribution in [1.82, 2.24) is 9.55 Å². The number of aromatic nitrogens is 2. The van der Waals surface area contributed by atoms with E-state index in [0.29, 0.717) is 17.8 Å². The number of amides is 1. The number of carbonyl (C=O) groups is 1. The highest BCUT2D eigenvalue weighted by Crippen LogP contribution is 2.13. The van der Waals surface area contributed by atoms with Crippen LogP contribution in [0.4, 0.5) is 10.1 Å². The first kappa shape index (κ1) is 23.1. The highest BCUT2D eigenvalue weighted by molar-refractivity contribution is 7.90. The van der Waals surface area contributed by atoms with E-state index >= 15 is 0 Å². The lowest BCUT2D eigenvalue weighted by atomic mass is 10.1. The summed E-state index contributed by atoms with van der Waals surface area (Å²) in [5.41, 5.74) is 2.72. The Balaban J connectivity index is 1.53. The molecule has 34 heavy (non-hydrogen) atoms. The van der Waals surface area contributed by atoms with Gasteiger partial charge in [-0.1, -0.05) is 29.8 Å². The quantitative estimate of drug-likeness (QED) is 0.456. The molecule has 1 amide bonds. The lowest BCUT2D eigenvalue weighted by Gasteiger charge is -2.09. The van der Waals surface area contributed by atoms with Crippen LogP contribution in [-0.2, 0) is 16.6 Å². The summed E-state index contributed by atoms with van der Waals surface area (Å²) in [5, 5.41) is 2.71. The van der Waals surface area contributed by atoms with E-state index in [1.54, 1.807) is 53.2 Å². The van der Waals surface area contributed by atoms with Crippen LogP contribution in [0.5, 0.6) is 0 Å². The molecule has 0 spiro atoms. The molecule has 0 unspecified atom stereocenters. The molecular formula is C25H21FN4O3S. The summed E-state index contributed by atoms with van der Waals surface area (Å²) >= 11 is 0. The summed E-state index contributed by atoms with van der Waals surface area (Å²) in [4.78, 5) is 16.7. The van der Waals surface area contributed by atoms with Gasteiger partial charge in [0.1, 0.15) is 5.82 Å². The molecular weight excluding hydrogens is 455 g/mol. The first-order chi connectivity index (χ1) is 16.3. The fourth-order valence-corrected chi connectivity index (χ4v) is 4.11. The second-order valence-corrected chi connectivity index (χ2v) is 9.19. The van der Waals surface area contributed by atoms with Crippen molar-refractivity contribution in [3.8, 4) is 0 Å². The molecule has 0 saturated carbocycles. The van der Waals surface area contributed by atoms with Gasteiger partial charge >= 0.3 is 0 Å². The van der Waals surface area contributed by atoms with Gasteiger partial charge < -0.3 is 9.88 Å². The van der Waals surface area contributed by atoms with Crippen molar-refractivity contribution >= 4 is 21.6 Å². The minimum atomic E-state index is -3.93. The van der Waals surface area contributed by atoms with E-state index in [9.17, 15) is 17.6 Å². The SMILES string of the molecule is Cc1ccc(S(=O)(=O)/N=c2\ncccn2Cc2ccc(C(=O)Nc3ccc(F)cc3)cc2)cc1. The van der Waals surface area contributed by atoms with Gasteiger partial charge in [0.25, 0.3) is 15.9 Å². The molecule has 0 aliphatic heterocycles. The Labute approximate surface area is 196 Å². The van der Waals surface area contributed by atoms with E-state index in [4.69, 9.17) is 0 Å². The number of aryl methyl sites for hydroxylation is 1. The number of nitrogens with zero attached hydrogens (tertiary/aromatic N) is 3. The summed E-state index contributed by atoms with van der Waals surface area (Å²) in [7, 11) is -3.93. The number of rotatable bonds is 6. The molecule has 0 radical (unpaired) electrons. The van der Waals surface area contributed by atoms with Gasteiger partial charge in [-0.2, -0.15) is 8.42 Å². The zero-order valence-corrected chi connectivity index (χ0v) is 19.0. The van der Waals surface area contributed by atoms with Gasteiger partial charge in [-0.05, 0) is 67.1 Å². The standard InChI is InChI=1S/C25H21FN4O3S/c1-18-3-13-23(14-4-18)34(32,33)29-25-27-15-2-16-30(25)17-19-5-7-20(8-6-19)24(31)28-22-11-9-21(26)10-12-22/h2-16H,17H2,1H3,(H,28,31)/b29-25+. The van der Waals surface area contributed by atoms with Crippen LogP contribution in [0, 0.1) is 12.7 Å². The normalized spacial score (nSPS) is 11.9. The van der Waals surface area contributed by atoms with Crippen molar-refractivity contribution in [1.29, 1.82) is 0 Å². The molecule has 172 valence electrons. The van der Waals surface area contributed by atoms with Crippen LogP contribution < -0.4 is 10.9 Å². The highest BCUT2D eigenvalue weighted by Gasteiger charge is 2.13. The van der Waals surface area contributed by atoms with Crippen LogP contribution in [-0.4, -0.2) is 23.9 Å². The van der Waals surface area contributed by atoms with Crippen LogP contribution in [0.1, 0.15) is 21.5 Å². The van der Waals surface area contributed by atoms with Crippen LogP contribution in [0.3, 0.4) is 0 Å². The third-order valence-electron chi connectivity index (χ3n) is 4.99. The van der Waals surface area contributed by atoms with Gasteiger partial charge in [0.15, 0.2) is 0 Å². The molecule has 9 heteroatoms. The Morgan fingerprint density at radius 1 is 1.00 bits per heavy atom. The van der Waals surface area contributed by atoms with E-state index in [1.807, 2.05) is 6.92 Å². The maximum Gasteiger partial charge on any atom is 0.285 e. The Morgan fingerprint density at radius 3 is 2.35 bits per heavy atom. The lowest BCUT2D eigenvalue weighted by molar-refractivity contribution is 0.102. The third kappa shape index (κ3) is 5.62. The number of benzene rings is 3. The Kier molecular flexibility index (Phi) is 6.65. The van der Waals surface area contributed by atoms with Gasteiger partial charge in [-0.15, -0.1) is 4.40 Å². The summed E-state index contributed by atoms with van der Waals surface area (Å²) in [6, 6.07) is 20.5. The average Bonchev–Trinajstić information content (AvgIpc) is 2.82. The van der Waals surface area contributed by atoms with Gasteiger partial charge in [-0.3, -0.25) is 4.79 Å². The molecule has 4 rings (SSSR count).